The van der Waals surface area contributed by atoms with E-state index in [1.54, 1.807) is 24.3 Å². The van der Waals surface area contributed by atoms with Gasteiger partial charge in [0.25, 0.3) is 5.91 Å². The molecule has 1 aliphatic rings. The van der Waals surface area contributed by atoms with Crippen molar-refractivity contribution in [1.29, 1.82) is 0 Å². The minimum atomic E-state index is -0.543. The van der Waals surface area contributed by atoms with Gasteiger partial charge in [-0.15, -0.1) is 5.10 Å². The Hall–Kier alpha value is -2.86. The third-order valence-electron chi connectivity index (χ3n) is 4.80. The number of carbonyl (C=O) groups is 1. The topological polar surface area (TPSA) is 71.3 Å². The Balaban J connectivity index is 1.61. The van der Waals surface area contributed by atoms with Gasteiger partial charge in [-0.3, -0.25) is 4.79 Å². The van der Waals surface area contributed by atoms with E-state index in [9.17, 15) is 4.79 Å². The molecule has 6 nitrogen and oxygen atoms in total. The molecule has 0 unspecified atom stereocenters. The number of rotatable bonds is 5. The van der Waals surface area contributed by atoms with Gasteiger partial charge in [0, 0.05) is 23.7 Å². The largest absolute Gasteiger partial charge is 0.405 e. The molecule has 7 heteroatoms. The highest BCUT2D eigenvalue weighted by atomic mass is 35.5. The van der Waals surface area contributed by atoms with Crippen molar-refractivity contribution in [2.45, 2.75) is 25.3 Å². The molecule has 1 N–H and O–H groups in total. The number of amides is 1. The second-order valence-electron chi connectivity index (χ2n) is 6.80. The number of hydrogen-bond donors (Lipinski definition) is 1. The maximum absolute atomic E-state index is 12.8. The van der Waals surface area contributed by atoms with Crippen molar-refractivity contribution < 1.29 is 9.21 Å². The van der Waals surface area contributed by atoms with Gasteiger partial charge in [0.1, 0.15) is 6.04 Å². The molecule has 28 heavy (non-hydrogen) atoms. The number of halogens is 1. The van der Waals surface area contributed by atoms with Crippen molar-refractivity contribution in [3.63, 3.8) is 0 Å². The molecule has 1 aromatic heterocycles. The summed E-state index contributed by atoms with van der Waals surface area (Å²) in [6, 6.07) is 16.4. The predicted octanol–water partition coefficient (Wildman–Crippen LogP) is 4.23. The number of nitrogens with one attached hydrogen (secondary N) is 1. The SMILES string of the molecule is O=C(N[C@H](c1ccccc1)c1nnc(N2CCCCC2)o1)c1cccc(Cl)c1. The number of carbonyl (C=O) groups excluding carboxylic acids is 1. The monoisotopic (exact) mass is 396 g/mol. The fourth-order valence-corrected chi connectivity index (χ4v) is 3.52. The lowest BCUT2D eigenvalue weighted by molar-refractivity contribution is 0.0938. The van der Waals surface area contributed by atoms with Crippen molar-refractivity contribution in [3.05, 3.63) is 76.6 Å². The summed E-state index contributed by atoms with van der Waals surface area (Å²) in [4.78, 5) is 14.9. The van der Waals surface area contributed by atoms with E-state index in [2.05, 4.69) is 20.4 Å². The smallest absolute Gasteiger partial charge is 0.318 e. The van der Waals surface area contributed by atoms with Gasteiger partial charge in [-0.25, -0.2) is 0 Å². The molecule has 1 atom stereocenters. The highest BCUT2D eigenvalue weighted by molar-refractivity contribution is 6.30. The summed E-state index contributed by atoms with van der Waals surface area (Å²) in [5.74, 6) is 0.108. The molecule has 0 bridgehead atoms. The van der Waals surface area contributed by atoms with Crippen LogP contribution in [0.5, 0.6) is 0 Å². The average molecular weight is 397 g/mol. The third kappa shape index (κ3) is 4.17. The number of hydrogen-bond acceptors (Lipinski definition) is 5. The minimum absolute atomic E-state index is 0.255. The first-order chi connectivity index (χ1) is 13.7. The lowest BCUT2D eigenvalue weighted by atomic mass is 10.1. The van der Waals surface area contributed by atoms with Gasteiger partial charge in [0.05, 0.1) is 0 Å². The molecule has 1 aliphatic heterocycles. The van der Waals surface area contributed by atoms with E-state index < -0.39 is 6.04 Å². The normalized spacial score (nSPS) is 15.2. The van der Waals surface area contributed by atoms with E-state index in [1.807, 2.05) is 30.3 Å². The van der Waals surface area contributed by atoms with Gasteiger partial charge in [0.15, 0.2) is 0 Å². The molecule has 144 valence electrons. The average Bonchev–Trinajstić information content (AvgIpc) is 3.23. The molecule has 3 aromatic rings. The molecule has 2 heterocycles. The molecular formula is C21H21ClN4O2. The van der Waals surface area contributed by atoms with Gasteiger partial charge >= 0.3 is 6.01 Å². The Kier molecular flexibility index (Phi) is 5.58. The zero-order valence-electron chi connectivity index (χ0n) is 15.3. The minimum Gasteiger partial charge on any atom is -0.405 e. The van der Waals surface area contributed by atoms with E-state index in [0.717, 1.165) is 31.5 Å². The van der Waals surface area contributed by atoms with Crippen LogP contribution in [0.1, 0.15) is 47.1 Å². The van der Waals surface area contributed by atoms with Gasteiger partial charge < -0.3 is 14.6 Å². The summed E-state index contributed by atoms with van der Waals surface area (Å²) in [7, 11) is 0. The van der Waals surface area contributed by atoms with Crippen LogP contribution in [-0.2, 0) is 0 Å². The second-order valence-corrected chi connectivity index (χ2v) is 7.23. The molecule has 1 saturated heterocycles. The van der Waals surface area contributed by atoms with Crippen molar-refractivity contribution in [2.75, 3.05) is 18.0 Å². The number of aromatic nitrogens is 2. The van der Waals surface area contributed by atoms with E-state index in [-0.39, 0.29) is 5.91 Å². The fourth-order valence-electron chi connectivity index (χ4n) is 3.33. The Morgan fingerprint density at radius 3 is 2.57 bits per heavy atom. The fraction of sp³-hybridized carbons (Fsp3) is 0.286. The van der Waals surface area contributed by atoms with Gasteiger partial charge in [-0.05, 0) is 43.0 Å². The standard InChI is InChI=1S/C21H21ClN4O2/c22-17-11-7-10-16(14-17)19(27)23-18(15-8-3-1-4-9-15)20-24-25-21(28-20)26-12-5-2-6-13-26/h1,3-4,7-11,14,18H,2,5-6,12-13H2,(H,23,27)/t18-/m1/s1. The zero-order valence-corrected chi connectivity index (χ0v) is 16.1. The maximum Gasteiger partial charge on any atom is 0.318 e. The van der Waals surface area contributed by atoms with Crippen LogP contribution in [0.3, 0.4) is 0 Å². The van der Waals surface area contributed by atoms with Crippen molar-refractivity contribution in [3.8, 4) is 0 Å². The molecule has 0 radical (unpaired) electrons. The quantitative estimate of drug-likeness (QED) is 0.698. The molecule has 1 fully saturated rings. The van der Waals surface area contributed by atoms with Crippen LogP contribution in [-0.4, -0.2) is 29.2 Å². The summed E-state index contributed by atoms with van der Waals surface area (Å²) >= 11 is 6.02. The highest BCUT2D eigenvalue weighted by Crippen LogP contribution is 2.26. The van der Waals surface area contributed by atoms with Crippen molar-refractivity contribution in [2.24, 2.45) is 0 Å². The van der Waals surface area contributed by atoms with E-state index >= 15 is 0 Å². The van der Waals surface area contributed by atoms with Crippen molar-refractivity contribution in [1.82, 2.24) is 15.5 Å². The first-order valence-electron chi connectivity index (χ1n) is 9.40. The molecule has 2 aromatic carbocycles. The number of anilines is 1. The first kappa shape index (κ1) is 18.5. The van der Waals surface area contributed by atoms with Gasteiger partial charge in [0.2, 0.25) is 5.89 Å². The molecule has 1 amide bonds. The van der Waals surface area contributed by atoms with Crippen LogP contribution in [0.25, 0.3) is 0 Å². The molecular weight excluding hydrogens is 376 g/mol. The zero-order chi connectivity index (χ0) is 19.3. The van der Waals surface area contributed by atoms with Gasteiger partial charge in [-0.1, -0.05) is 53.1 Å². The third-order valence-corrected chi connectivity index (χ3v) is 5.03. The summed E-state index contributed by atoms with van der Waals surface area (Å²) < 4.78 is 5.96. The summed E-state index contributed by atoms with van der Waals surface area (Å²) in [5, 5.41) is 12.0. The summed E-state index contributed by atoms with van der Waals surface area (Å²) in [6.45, 7) is 1.82. The van der Waals surface area contributed by atoms with Crippen LogP contribution in [0.15, 0.2) is 59.0 Å². The van der Waals surface area contributed by atoms with Crippen molar-refractivity contribution >= 4 is 23.5 Å². The van der Waals surface area contributed by atoms with Gasteiger partial charge in [-0.2, -0.15) is 0 Å². The number of piperidine rings is 1. The van der Waals surface area contributed by atoms with Crippen LogP contribution in [0.4, 0.5) is 6.01 Å². The Labute approximate surface area is 168 Å². The highest BCUT2D eigenvalue weighted by Gasteiger charge is 2.25. The molecule has 0 saturated carbocycles. The Bertz CT molecular complexity index is 938. The second kappa shape index (κ2) is 8.44. The van der Waals surface area contributed by atoms with Crippen LogP contribution < -0.4 is 10.2 Å². The number of nitrogens with zero attached hydrogens (tertiary/aromatic N) is 3. The summed E-state index contributed by atoms with van der Waals surface area (Å²) in [6.07, 6.45) is 3.45. The summed E-state index contributed by atoms with van der Waals surface area (Å²) in [5.41, 5.74) is 1.34. The number of benzene rings is 2. The molecule has 0 aliphatic carbocycles. The van der Waals surface area contributed by atoms with E-state index in [4.69, 9.17) is 16.0 Å². The Morgan fingerprint density at radius 2 is 1.82 bits per heavy atom. The molecule has 0 spiro atoms. The van der Waals surface area contributed by atoms with Crippen LogP contribution in [0.2, 0.25) is 5.02 Å². The Morgan fingerprint density at radius 1 is 1.04 bits per heavy atom. The lowest BCUT2D eigenvalue weighted by Gasteiger charge is -2.24. The van der Waals surface area contributed by atoms with Crippen LogP contribution in [0, 0.1) is 0 Å². The lowest BCUT2D eigenvalue weighted by Crippen LogP contribution is -2.30. The maximum atomic E-state index is 12.8. The predicted molar refractivity (Wildman–Crippen MR) is 108 cm³/mol. The first-order valence-corrected chi connectivity index (χ1v) is 9.78. The van der Waals surface area contributed by atoms with E-state index in [0.29, 0.717) is 22.5 Å². The molecule has 4 rings (SSSR count). The van der Waals surface area contributed by atoms with E-state index in [1.165, 1.54) is 6.42 Å². The van der Waals surface area contributed by atoms with Crippen LogP contribution >= 0.6 is 11.6 Å².